The first-order valence-corrected chi connectivity index (χ1v) is 9.65. The molecular weight excluding hydrogens is 345 g/mol. The highest BCUT2D eigenvalue weighted by molar-refractivity contribution is 7.52. The van der Waals surface area contributed by atoms with Gasteiger partial charge in [-0.15, -0.1) is 0 Å². The van der Waals surface area contributed by atoms with Crippen LogP contribution >= 0.6 is 7.60 Å². The van der Waals surface area contributed by atoms with E-state index in [1.54, 1.807) is 24.3 Å². The largest absolute Gasteiger partial charge is 0.467 e. The van der Waals surface area contributed by atoms with Crippen molar-refractivity contribution in [2.75, 3.05) is 21.3 Å². The van der Waals surface area contributed by atoms with E-state index in [0.29, 0.717) is 12.0 Å². The summed E-state index contributed by atoms with van der Waals surface area (Å²) >= 11 is 0. The van der Waals surface area contributed by atoms with Gasteiger partial charge in [-0.2, -0.15) is 0 Å². The molecule has 140 valence electrons. The van der Waals surface area contributed by atoms with Crippen molar-refractivity contribution in [1.29, 1.82) is 0 Å². The van der Waals surface area contributed by atoms with E-state index in [9.17, 15) is 14.2 Å². The Labute approximate surface area is 148 Å². The third-order valence-corrected chi connectivity index (χ3v) is 5.51. The lowest BCUT2D eigenvalue weighted by atomic mass is 10.0. The molecule has 1 aromatic carbocycles. The Bertz CT molecular complexity index is 621. The molecule has 0 unspecified atom stereocenters. The molecule has 0 bridgehead atoms. The van der Waals surface area contributed by atoms with Crippen LogP contribution in [-0.4, -0.2) is 39.2 Å². The molecule has 1 rings (SSSR count). The van der Waals surface area contributed by atoms with Crippen molar-refractivity contribution in [2.45, 2.75) is 32.5 Å². The van der Waals surface area contributed by atoms with Gasteiger partial charge in [0.25, 0.3) is 5.91 Å². The molecule has 0 spiro atoms. The number of carbonyl (C=O) groups excluding carboxylic acids is 2. The Hall–Kier alpha value is -1.69. The minimum atomic E-state index is -3.16. The van der Waals surface area contributed by atoms with Gasteiger partial charge in [-0.1, -0.05) is 26.0 Å². The third-order valence-electron chi connectivity index (χ3n) is 3.65. The zero-order valence-corrected chi connectivity index (χ0v) is 16.2. The molecule has 0 aliphatic carbocycles. The zero-order valence-electron chi connectivity index (χ0n) is 15.3. The third kappa shape index (κ3) is 6.61. The van der Waals surface area contributed by atoms with E-state index >= 15 is 0 Å². The molecule has 0 aliphatic rings. The van der Waals surface area contributed by atoms with Crippen LogP contribution in [0.25, 0.3) is 0 Å². The molecule has 0 saturated carbocycles. The maximum absolute atomic E-state index is 12.3. The Kier molecular flexibility index (Phi) is 8.29. The van der Waals surface area contributed by atoms with Gasteiger partial charge in [-0.25, -0.2) is 4.79 Å². The summed E-state index contributed by atoms with van der Waals surface area (Å²) in [6.07, 6.45) is 0.599. The zero-order chi connectivity index (χ0) is 19.0. The average molecular weight is 371 g/mol. The molecule has 1 N–H and O–H groups in total. The number of rotatable bonds is 9. The van der Waals surface area contributed by atoms with Gasteiger partial charge in [0.1, 0.15) is 6.04 Å². The number of amides is 1. The summed E-state index contributed by atoms with van der Waals surface area (Å²) < 4.78 is 26.7. The second kappa shape index (κ2) is 9.70. The van der Waals surface area contributed by atoms with E-state index in [-0.39, 0.29) is 18.0 Å². The number of nitrogens with one attached hydrogen (secondary N) is 1. The van der Waals surface area contributed by atoms with Crippen LogP contribution in [-0.2, 0) is 29.3 Å². The summed E-state index contributed by atoms with van der Waals surface area (Å²) in [6, 6.07) is 5.86. The van der Waals surface area contributed by atoms with E-state index in [0.717, 1.165) is 5.56 Å². The number of carbonyl (C=O) groups is 2. The smallest absolute Gasteiger partial charge is 0.334 e. The number of esters is 1. The maximum Gasteiger partial charge on any atom is 0.334 e. The summed E-state index contributed by atoms with van der Waals surface area (Å²) in [4.78, 5) is 24.1. The maximum atomic E-state index is 12.3. The molecule has 0 aromatic heterocycles. The van der Waals surface area contributed by atoms with Crippen LogP contribution in [0.1, 0.15) is 36.2 Å². The highest BCUT2D eigenvalue weighted by Crippen LogP contribution is 2.49. The predicted octanol–water partition coefficient (Wildman–Crippen LogP) is 2.99. The molecule has 1 amide bonds. The van der Waals surface area contributed by atoms with Crippen molar-refractivity contribution in [1.82, 2.24) is 5.32 Å². The highest BCUT2D eigenvalue weighted by atomic mass is 31.2. The van der Waals surface area contributed by atoms with Gasteiger partial charge >= 0.3 is 13.6 Å². The van der Waals surface area contributed by atoms with Gasteiger partial charge < -0.3 is 19.1 Å². The number of hydrogen-bond acceptors (Lipinski definition) is 6. The molecule has 7 nitrogen and oxygen atoms in total. The summed E-state index contributed by atoms with van der Waals surface area (Å²) in [6.45, 7) is 3.92. The summed E-state index contributed by atoms with van der Waals surface area (Å²) in [5.74, 6) is -0.618. The first-order valence-electron chi connectivity index (χ1n) is 7.92. The average Bonchev–Trinajstić information content (AvgIpc) is 2.60. The SMILES string of the molecule is COC(=O)[C@H](CC(C)C)NC(=O)c1ccc(CP(=O)(OC)OC)cc1. The van der Waals surface area contributed by atoms with Gasteiger partial charge in [-0.05, 0) is 30.0 Å². The molecule has 1 atom stereocenters. The van der Waals surface area contributed by atoms with E-state index in [1.807, 2.05) is 13.8 Å². The van der Waals surface area contributed by atoms with Crippen LogP contribution in [0.2, 0.25) is 0 Å². The molecule has 0 heterocycles. The molecule has 1 aromatic rings. The number of benzene rings is 1. The summed E-state index contributed by atoms with van der Waals surface area (Å²) in [7, 11) is 0.787. The van der Waals surface area contributed by atoms with Crippen LogP contribution in [0.3, 0.4) is 0 Å². The molecule has 8 heteroatoms. The lowest BCUT2D eigenvalue weighted by Gasteiger charge is -2.18. The fraction of sp³-hybridized carbons (Fsp3) is 0.529. The van der Waals surface area contributed by atoms with Gasteiger partial charge in [-0.3, -0.25) is 9.36 Å². The summed E-state index contributed by atoms with van der Waals surface area (Å²) in [5.41, 5.74) is 1.11. The van der Waals surface area contributed by atoms with Crippen molar-refractivity contribution in [2.24, 2.45) is 5.92 Å². The molecule has 25 heavy (non-hydrogen) atoms. The predicted molar refractivity (Wildman–Crippen MR) is 94.5 cm³/mol. The van der Waals surface area contributed by atoms with Gasteiger partial charge in [0.15, 0.2) is 0 Å². The second-order valence-electron chi connectivity index (χ2n) is 6.01. The van der Waals surface area contributed by atoms with Crippen molar-refractivity contribution < 1.29 is 27.9 Å². The Morgan fingerprint density at radius 3 is 2.08 bits per heavy atom. The van der Waals surface area contributed by atoms with Crippen LogP contribution in [0.5, 0.6) is 0 Å². The van der Waals surface area contributed by atoms with Crippen molar-refractivity contribution >= 4 is 19.5 Å². The summed E-state index contributed by atoms with van der Waals surface area (Å²) in [5, 5.41) is 2.69. The Morgan fingerprint density at radius 1 is 1.08 bits per heavy atom. The fourth-order valence-corrected chi connectivity index (χ4v) is 3.32. The quantitative estimate of drug-likeness (QED) is 0.530. The Morgan fingerprint density at radius 2 is 1.64 bits per heavy atom. The van der Waals surface area contributed by atoms with Crippen LogP contribution in [0.15, 0.2) is 24.3 Å². The first-order chi connectivity index (χ1) is 11.7. The van der Waals surface area contributed by atoms with Crippen molar-refractivity contribution in [3.63, 3.8) is 0 Å². The number of hydrogen-bond donors (Lipinski definition) is 1. The van der Waals surface area contributed by atoms with Gasteiger partial charge in [0, 0.05) is 19.8 Å². The fourth-order valence-electron chi connectivity index (χ4n) is 2.26. The molecule has 0 radical (unpaired) electrons. The molecule has 0 fully saturated rings. The van der Waals surface area contributed by atoms with E-state index in [4.69, 9.17) is 13.8 Å². The second-order valence-corrected chi connectivity index (χ2v) is 8.28. The Balaban J connectivity index is 2.82. The monoisotopic (exact) mass is 371 g/mol. The topological polar surface area (TPSA) is 90.9 Å². The normalized spacial score (nSPS) is 12.7. The van der Waals surface area contributed by atoms with Crippen LogP contribution in [0, 0.1) is 5.92 Å². The molecule has 0 aliphatic heterocycles. The van der Waals surface area contributed by atoms with Crippen LogP contribution in [0.4, 0.5) is 0 Å². The molecular formula is C17H26NO6P. The van der Waals surface area contributed by atoms with Gasteiger partial charge in [0.05, 0.1) is 13.3 Å². The number of ether oxygens (including phenoxy) is 1. The first kappa shape index (κ1) is 21.4. The standard InChI is InChI=1S/C17H26NO6P/c1-12(2)10-15(17(20)22-3)18-16(19)14-8-6-13(7-9-14)11-25(21,23-4)24-5/h6-9,12,15H,10-11H2,1-5H3,(H,18,19)/t15-/m0/s1. The van der Waals surface area contributed by atoms with Crippen LogP contribution < -0.4 is 5.32 Å². The number of methoxy groups -OCH3 is 1. The minimum absolute atomic E-state index is 0.111. The minimum Gasteiger partial charge on any atom is -0.467 e. The van der Waals surface area contributed by atoms with E-state index in [2.05, 4.69) is 5.32 Å². The molecule has 0 saturated heterocycles. The van der Waals surface area contributed by atoms with E-state index in [1.165, 1.54) is 21.3 Å². The van der Waals surface area contributed by atoms with Gasteiger partial charge in [0.2, 0.25) is 0 Å². The van der Waals surface area contributed by atoms with Crippen molar-refractivity contribution in [3.05, 3.63) is 35.4 Å². The lowest BCUT2D eigenvalue weighted by Crippen LogP contribution is -2.42. The van der Waals surface area contributed by atoms with Crippen molar-refractivity contribution in [3.8, 4) is 0 Å². The highest BCUT2D eigenvalue weighted by Gasteiger charge is 2.24. The van der Waals surface area contributed by atoms with E-state index < -0.39 is 19.6 Å². The lowest BCUT2D eigenvalue weighted by molar-refractivity contribution is -0.143.